The van der Waals surface area contributed by atoms with E-state index >= 15 is 0 Å². The SMILES string of the molecule is O=C(CNC(=O)C1CCCN1S(=O)(=O)c1ccc(F)cc1)NC1CC1. The molecule has 25 heavy (non-hydrogen) atoms. The van der Waals surface area contributed by atoms with Crippen LogP contribution in [0.2, 0.25) is 0 Å². The molecule has 9 heteroatoms. The van der Waals surface area contributed by atoms with Gasteiger partial charge in [0.2, 0.25) is 21.8 Å². The lowest BCUT2D eigenvalue weighted by molar-refractivity contribution is -0.128. The minimum Gasteiger partial charge on any atom is -0.352 e. The number of nitrogens with one attached hydrogen (secondary N) is 2. The van der Waals surface area contributed by atoms with Crippen LogP contribution in [0.1, 0.15) is 25.7 Å². The molecule has 1 aliphatic heterocycles. The van der Waals surface area contributed by atoms with E-state index in [1.807, 2.05) is 0 Å². The summed E-state index contributed by atoms with van der Waals surface area (Å²) < 4.78 is 39.5. The monoisotopic (exact) mass is 369 g/mol. The van der Waals surface area contributed by atoms with Gasteiger partial charge in [0.1, 0.15) is 11.9 Å². The number of carbonyl (C=O) groups is 2. The van der Waals surface area contributed by atoms with Crippen molar-refractivity contribution in [3.8, 4) is 0 Å². The van der Waals surface area contributed by atoms with Crippen LogP contribution < -0.4 is 10.6 Å². The quantitative estimate of drug-likeness (QED) is 0.758. The van der Waals surface area contributed by atoms with Crippen molar-refractivity contribution in [3.63, 3.8) is 0 Å². The first-order valence-electron chi connectivity index (χ1n) is 8.22. The number of sulfonamides is 1. The Bertz CT molecular complexity index is 762. The molecule has 2 aliphatic rings. The van der Waals surface area contributed by atoms with E-state index in [0.717, 1.165) is 29.3 Å². The van der Waals surface area contributed by atoms with Gasteiger partial charge in [-0.2, -0.15) is 4.31 Å². The molecule has 1 saturated carbocycles. The smallest absolute Gasteiger partial charge is 0.243 e. The van der Waals surface area contributed by atoms with Crippen LogP contribution in [0.3, 0.4) is 0 Å². The highest BCUT2D eigenvalue weighted by Crippen LogP contribution is 2.26. The van der Waals surface area contributed by atoms with Gasteiger partial charge in [-0.15, -0.1) is 0 Å². The number of nitrogens with zero attached hydrogens (tertiary/aromatic N) is 1. The minimum absolute atomic E-state index is 0.0555. The predicted octanol–water partition coefficient (Wildman–Crippen LogP) is 0.374. The van der Waals surface area contributed by atoms with Crippen molar-refractivity contribution in [2.45, 2.75) is 42.7 Å². The molecule has 0 bridgehead atoms. The Morgan fingerprint density at radius 2 is 1.84 bits per heavy atom. The molecule has 1 aromatic carbocycles. The van der Waals surface area contributed by atoms with Crippen molar-refractivity contribution >= 4 is 21.8 Å². The fraction of sp³-hybridized carbons (Fsp3) is 0.500. The standard InChI is InChI=1S/C16H20FN3O4S/c17-11-3-7-13(8-4-11)25(23,24)20-9-1-2-14(20)16(22)18-10-15(21)19-12-5-6-12/h3-4,7-8,12,14H,1-2,5-6,9-10H2,(H,18,22)(H,19,21). The third kappa shape index (κ3) is 4.16. The summed E-state index contributed by atoms with van der Waals surface area (Å²) in [7, 11) is -3.89. The van der Waals surface area contributed by atoms with Crippen LogP contribution in [-0.4, -0.2) is 49.7 Å². The Morgan fingerprint density at radius 3 is 2.48 bits per heavy atom. The highest BCUT2D eigenvalue weighted by atomic mass is 32.2. The summed E-state index contributed by atoms with van der Waals surface area (Å²) >= 11 is 0. The lowest BCUT2D eigenvalue weighted by Gasteiger charge is -2.23. The third-order valence-corrected chi connectivity index (χ3v) is 6.21. The Hall–Kier alpha value is -2.00. The number of amides is 2. The summed E-state index contributed by atoms with van der Waals surface area (Å²) in [6.07, 6.45) is 2.83. The summed E-state index contributed by atoms with van der Waals surface area (Å²) in [5.74, 6) is -1.30. The van der Waals surface area contributed by atoms with Crippen LogP contribution in [0.5, 0.6) is 0 Å². The maximum atomic E-state index is 13.0. The number of benzene rings is 1. The van der Waals surface area contributed by atoms with E-state index in [1.54, 1.807) is 0 Å². The van der Waals surface area contributed by atoms with E-state index in [9.17, 15) is 22.4 Å². The number of hydrogen-bond donors (Lipinski definition) is 2. The molecule has 1 saturated heterocycles. The maximum absolute atomic E-state index is 13.0. The van der Waals surface area contributed by atoms with E-state index in [4.69, 9.17) is 0 Å². The molecule has 1 aliphatic carbocycles. The van der Waals surface area contributed by atoms with Crippen molar-refractivity contribution in [2.75, 3.05) is 13.1 Å². The zero-order valence-electron chi connectivity index (χ0n) is 13.6. The van der Waals surface area contributed by atoms with Gasteiger partial charge in [-0.3, -0.25) is 9.59 Å². The Kier molecular flexibility index (Phi) is 5.05. The second-order valence-corrected chi connectivity index (χ2v) is 8.18. The lowest BCUT2D eigenvalue weighted by atomic mass is 10.2. The molecule has 7 nitrogen and oxygen atoms in total. The molecular formula is C16H20FN3O4S. The van der Waals surface area contributed by atoms with E-state index in [2.05, 4.69) is 10.6 Å². The zero-order valence-corrected chi connectivity index (χ0v) is 14.4. The van der Waals surface area contributed by atoms with Crippen LogP contribution in [0.4, 0.5) is 4.39 Å². The van der Waals surface area contributed by atoms with E-state index in [0.29, 0.717) is 12.8 Å². The molecule has 2 N–H and O–H groups in total. The summed E-state index contributed by atoms with van der Waals surface area (Å²) in [4.78, 5) is 23.9. The molecule has 0 spiro atoms. The fourth-order valence-electron chi connectivity index (χ4n) is 2.82. The van der Waals surface area contributed by atoms with Crippen molar-refractivity contribution in [3.05, 3.63) is 30.1 Å². The lowest BCUT2D eigenvalue weighted by Crippen LogP contribution is -2.48. The maximum Gasteiger partial charge on any atom is 0.243 e. The number of halogens is 1. The average Bonchev–Trinajstić information content (AvgIpc) is 3.24. The van der Waals surface area contributed by atoms with Crippen LogP contribution >= 0.6 is 0 Å². The fourth-order valence-corrected chi connectivity index (χ4v) is 4.48. The predicted molar refractivity (Wildman–Crippen MR) is 87.5 cm³/mol. The molecule has 0 aromatic heterocycles. The van der Waals surface area contributed by atoms with Crippen LogP contribution in [0.25, 0.3) is 0 Å². The van der Waals surface area contributed by atoms with Crippen LogP contribution in [0, 0.1) is 5.82 Å². The van der Waals surface area contributed by atoms with Gasteiger partial charge >= 0.3 is 0 Å². The van der Waals surface area contributed by atoms with Crippen molar-refractivity contribution < 1.29 is 22.4 Å². The van der Waals surface area contributed by atoms with Crippen LogP contribution in [-0.2, 0) is 19.6 Å². The molecule has 136 valence electrons. The summed E-state index contributed by atoms with van der Waals surface area (Å²) in [6.45, 7) is 0.0440. The second kappa shape index (κ2) is 7.09. The topological polar surface area (TPSA) is 95.6 Å². The van der Waals surface area contributed by atoms with Gasteiger partial charge in [0.25, 0.3) is 0 Å². The number of carbonyl (C=O) groups excluding carboxylic acids is 2. The van der Waals surface area contributed by atoms with E-state index in [1.165, 1.54) is 12.1 Å². The van der Waals surface area contributed by atoms with Crippen LogP contribution in [0.15, 0.2) is 29.2 Å². The molecular weight excluding hydrogens is 349 g/mol. The normalized spacial score (nSPS) is 21.1. The molecule has 3 rings (SSSR count). The first kappa shape index (κ1) is 17.8. The molecule has 0 radical (unpaired) electrons. The van der Waals surface area contributed by atoms with E-state index < -0.39 is 27.8 Å². The Labute approximate surface area is 145 Å². The number of hydrogen-bond acceptors (Lipinski definition) is 4. The largest absolute Gasteiger partial charge is 0.352 e. The van der Waals surface area contributed by atoms with Gasteiger partial charge in [-0.05, 0) is 49.9 Å². The molecule has 1 aromatic rings. The zero-order chi connectivity index (χ0) is 18.0. The first-order valence-corrected chi connectivity index (χ1v) is 9.66. The van der Waals surface area contributed by atoms with Gasteiger partial charge in [0.05, 0.1) is 11.4 Å². The molecule has 1 unspecified atom stereocenters. The summed E-state index contributed by atoms with van der Waals surface area (Å²) in [6, 6.07) is 3.85. The Balaban J connectivity index is 1.65. The van der Waals surface area contributed by atoms with Crippen molar-refractivity contribution in [2.24, 2.45) is 0 Å². The molecule has 1 atom stereocenters. The highest BCUT2D eigenvalue weighted by Gasteiger charge is 2.39. The minimum atomic E-state index is -3.89. The third-order valence-electron chi connectivity index (χ3n) is 4.29. The van der Waals surface area contributed by atoms with Gasteiger partial charge in [-0.25, -0.2) is 12.8 Å². The van der Waals surface area contributed by atoms with Crippen molar-refractivity contribution in [1.29, 1.82) is 0 Å². The van der Waals surface area contributed by atoms with Gasteiger partial charge < -0.3 is 10.6 Å². The van der Waals surface area contributed by atoms with Gasteiger partial charge in [0.15, 0.2) is 0 Å². The Morgan fingerprint density at radius 1 is 1.16 bits per heavy atom. The van der Waals surface area contributed by atoms with Crippen molar-refractivity contribution in [1.82, 2.24) is 14.9 Å². The van der Waals surface area contributed by atoms with Gasteiger partial charge in [0, 0.05) is 12.6 Å². The molecule has 2 amide bonds. The summed E-state index contributed by atoms with van der Waals surface area (Å²) in [5, 5.41) is 5.25. The highest BCUT2D eigenvalue weighted by molar-refractivity contribution is 7.89. The van der Waals surface area contributed by atoms with Gasteiger partial charge in [-0.1, -0.05) is 0 Å². The molecule has 1 heterocycles. The summed E-state index contributed by atoms with van der Waals surface area (Å²) in [5.41, 5.74) is 0. The second-order valence-electron chi connectivity index (χ2n) is 6.29. The van der Waals surface area contributed by atoms with E-state index in [-0.39, 0.29) is 29.9 Å². The average molecular weight is 369 g/mol. The first-order chi connectivity index (χ1) is 11.9. The molecule has 2 fully saturated rings. The number of rotatable bonds is 6.